The molecule has 2 aromatic carbocycles. The van der Waals surface area contributed by atoms with Gasteiger partial charge in [-0.1, -0.05) is 30.3 Å². The monoisotopic (exact) mass is 377 g/mol. The minimum atomic E-state index is -0.153. The van der Waals surface area contributed by atoms with Crippen molar-refractivity contribution < 1.29 is 9.53 Å². The normalized spacial score (nSPS) is 14.1. The number of nitrogens with zero attached hydrogens (tertiary/aromatic N) is 5. The number of carbonyl (C=O) groups excluding carboxylic acids is 1. The topological polar surface area (TPSA) is 63.5 Å². The maximum Gasteiger partial charge on any atom is 0.276 e. The molecule has 1 amide bonds. The molecule has 28 heavy (non-hydrogen) atoms. The van der Waals surface area contributed by atoms with Crippen LogP contribution in [0.1, 0.15) is 16.1 Å². The third-order valence-corrected chi connectivity index (χ3v) is 4.78. The zero-order valence-corrected chi connectivity index (χ0v) is 15.9. The maximum absolute atomic E-state index is 12.7. The fourth-order valence-electron chi connectivity index (χ4n) is 3.22. The number of benzene rings is 2. The van der Waals surface area contributed by atoms with Crippen molar-refractivity contribution >= 4 is 11.6 Å². The third kappa shape index (κ3) is 4.04. The number of para-hydroxylation sites is 1. The Morgan fingerprint density at radius 2 is 1.75 bits per heavy atom. The summed E-state index contributed by atoms with van der Waals surface area (Å²) < 4.78 is 5.40. The standard InChI is InChI=1S/C21H23N5O2/c1-24(16-17-7-9-18(10-8-17)25-11-13-28-14-12-25)21(27)20-15-22-26(23-20)19-5-3-2-4-6-19/h2-10,15H,11-14,16H2,1H3. The predicted octanol–water partition coefficient (Wildman–Crippen LogP) is 2.38. The summed E-state index contributed by atoms with van der Waals surface area (Å²) in [5, 5.41) is 8.52. The quantitative estimate of drug-likeness (QED) is 0.683. The largest absolute Gasteiger partial charge is 0.378 e. The van der Waals surface area contributed by atoms with Gasteiger partial charge < -0.3 is 14.5 Å². The molecule has 0 radical (unpaired) electrons. The third-order valence-electron chi connectivity index (χ3n) is 4.78. The summed E-state index contributed by atoms with van der Waals surface area (Å²) in [6.07, 6.45) is 1.51. The van der Waals surface area contributed by atoms with Crippen molar-refractivity contribution in [3.05, 3.63) is 72.1 Å². The summed E-state index contributed by atoms with van der Waals surface area (Å²) in [7, 11) is 1.78. The van der Waals surface area contributed by atoms with Crippen molar-refractivity contribution in [1.82, 2.24) is 19.9 Å². The van der Waals surface area contributed by atoms with Gasteiger partial charge in [-0.25, -0.2) is 0 Å². The van der Waals surface area contributed by atoms with E-state index in [1.54, 1.807) is 11.9 Å². The number of amides is 1. The van der Waals surface area contributed by atoms with Gasteiger partial charge in [-0.2, -0.15) is 9.90 Å². The summed E-state index contributed by atoms with van der Waals surface area (Å²) in [5.41, 5.74) is 3.41. The van der Waals surface area contributed by atoms with Crippen molar-refractivity contribution in [2.75, 3.05) is 38.3 Å². The lowest BCUT2D eigenvalue weighted by Gasteiger charge is -2.29. The summed E-state index contributed by atoms with van der Waals surface area (Å²) in [6, 6.07) is 17.9. The molecular formula is C21H23N5O2. The van der Waals surface area contributed by atoms with Crippen LogP contribution in [0.2, 0.25) is 0 Å². The van der Waals surface area contributed by atoms with Crippen LogP contribution in [0.25, 0.3) is 5.69 Å². The number of hydrogen-bond donors (Lipinski definition) is 0. The van der Waals surface area contributed by atoms with Gasteiger partial charge in [0.15, 0.2) is 5.69 Å². The molecule has 7 nitrogen and oxygen atoms in total. The Morgan fingerprint density at radius 1 is 1.04 bits per heavy atom. The van der Waals surface area contributed by atoms with Crippen molar-refractivity contribution in [2.45, 2.75) is 6.54 Å². The molecule has 144 valence electrons. The van der Waals surface area contributed by atoms with E-state index in [1.807, 2.05) is 30.3 Å². The Kier molecular flexibility index (Phi) is 5.34. The number of rotatable bonds is 5. The van der Waals surface area contributed by atoms with Crippen LogP contribution in [-0.4, -0.2) is 59.2 Å². The maximum atomic E-state index is 12.7. The van der Waals surface area contributed by atoms with Gasteiger partial charge in [-0.3, -0.25) is 4.79 Å². The van der Waals surface area contributed by atoms with Gasteiger partial charge in [-0.05, 0) is 29.8 Å². The summed E-state index contributed by atoms with van der Waals surface area (Å²) in [5.74, 6) is -0.153. The van der Waals surface area contributed by atoms with Crippen molar-refractivity contribution in [3.8, 4) is 5.69 Å². The van der Waals surface area contributed by atoms with E-state index < -0.39 is 0 Å². The molecule has 0 atom stereocenters. The van der Waals surface area contributed by atoms with Gasteiger partial charge in [0.05, 0.1) is 25.1 Å². The van der Waals surface area contributed by atoms with E-state index in [-0.39, 0.29) is 5.91 Å². The number of ether oxygens (including phenoxy) is 1. The lowest BCUT2D eigenvalue weighted by Crippen LogP contribution is -2.36. The second-order valence-electron chi connectivity index (χ2n) is 6.78. The van der Waals surface area contributed by atoms with Crippen molar-refractivity contribution in [1.29, 1.82) is 0 Å². The van der Waals surface area contributed by atoms with E-state index in [1.165, 1.54) is 16.7 Å². The van der Waals surface area contributed by atoms with E-state index in [4.69, 9.17) is 4.74 Å². The molecule has 3 aromatic rings. The minimum absolute atomic E-state index is 0.153. The molecule has 1 saturated heterocycles. The molecule has 7 heteroatoms. The lowest BCUT2D eigenvalue weighted by atomic mass is 10.1. The van der Waals surface area contributed by atoms with Crippen LogP contribution in [0.5, 0.6) is 0 Å². The molecule has 0 aliphatic carbocycles. The average Bonchev–Trinajstić information content (AvgIpc) is 3.25. The highest BCUT2D eigenvalue weighted by atomic mass is 16.5. The van der Waals surface area contributed by atoms with Gasteiger partial charge in [0.1, 0.15) is 0 Å². The van der Waals surface area contributed by atoms with Crippen LogP contribution in [0.4, 0.5) is 5.69 Å². The first-order chi connectivity index (χ1) is 13.7. The Hall–Kier alpha value is -3.19. The summed E-state index contributed by atoms with van der Waals surface area (Å²) in [6.45, 7) is 3.87. The zero-order chi connectivity index (χ0) is 19.3. The Morgan fingerprint density at radius 3 is 2.46 bits per heavy atom. The first-order valence-corrected chi connectivity index (χ1v) is 9.35. The second-order valence-corrected chi connectivity index (χ2v) is 6.78. The highest BCUT2D eigenvalue weighted by Crippen LogP contribution is 2.17. The Bertz CT molecular complexity index is 917. The van der Waals surface area contributed by atoms with Gasteiger partial charge in [0.25, 0.3) is 5.91 Å². The van der Waals surface area contributed by atoms with Crippen LogP contribution in [0.3, 0.4) is 0 Å². The molecule has 0 bridgehead atoms. The molecular weight excluding hydrogens is 354 g/mol. The fourth-order valence-corrected chi connectivity index (χ4v) is 3.22. The number of hydrogen-bond acceptors (Lipinski definition) is 5. The molecule has 1 aliphatic rings. The fraction of sp³-hybridized carbons (Fsp3) is 0.286. The molecule has 1 aromatic heterocycles. The molecule has 0 N–H and O–H groups in total. The molecule has 2 heterocycles. The first kappa shape index (κ1) is 18.2. The molecule has 0 saturated carbocycles. The van der Waals surface area contributed by atoms with E-state index in [0.717, 1.165) is 37.6 Å². The number of anilines is 1. The predicted molar refractivity (Wildman–Crippen MR) is 107 cm³/mol. The van der Waals surface area contributed by atoms with Gasteiger partial charge in [0, 0.05) is 32.4 Å². The molecule has 0 unspecified atom stereocenters. The number of morpholine rings is 1. The highest BCUT2D eigenvalue weighted by Gasteiger charge is 2.17. The van der Waals surface area contributed by atoms with E-state index in [0.29, 0.717) is 12.2 Å². The van der Waals surface area contributed by atoms with E-state index in [9.17, 15) is 4.79 Å². The summed E-state index contributed by atoms with van der Waals surface area (Å²) in [4.78, 5) is 18.1. The van der Waals surface area contributed by atoms with Crippen LogP contribution in [0.15, 0.2) is 60.8 Å². The Balaban J connectivity index is 1.40. The van der Waals surface area contributed by atoms with Crippen LogP contribution < -0.4 is 4.90 Å². The molecule has 1 fully saturated rings. The molecule has 0 spiro atoms. The van der Waals surface area contributed by atoms with Crippen LogP contribution >= 0.6 is 0 Å². The second kappa shape index (κ2) is 8.22. The molecule has 1 aliphatic heterocycles. The van der Waals surface area contributed by atoms with E-state index in [2.05, 4.69) is 39.4 Å². The SMILES string of the molecule is CN(Cc1ccc(N2CCOCC2)cc1)C(=O)c1cnn(-c2ccccc2)n1. The molecule has 4 rings (SSSR count). The highest BCUT2D eigenvalue weighted by molar-refractivity contribution is 5.91. The van der Waals surface area contributed by atoms with Crippen molar-refractivity contribution in [2.24, 2.45) is 0 Å². The zero-order valence-electron chi connectivity index (χ0n) is 15.9. The summed E-state index contributed by atoms with van der Waals surface area (Å²) >= 11 is 0. The van der Waals surface area contributed by atoms with Crippen molar-refractivity contribution in [3.63, 3.8) is 0 Å². The van der Waals surface area contributed by atoms with E-state index >= 15 is 0 Å². The lowest BCUT2D eigenvalue weighted by molar-refractivity contribution is 0.0779. The van der Waals surface area contributed by atoms with Crippen LogP contribution in [0, 0.1) is 0 Å². The number of carbonyl (C=O) groups is 1. The van der Waals surface area contributed by atoms with Gasteiger partial charge in [-0.15, -0.1) is 5.10 Å². The smallest absolute Gasteiger partial charge is 0.276 e. The van der Waals surface area contributed by atoms with Gasteiger partial charge >= 0.3 is 0 Å². The van der Waals surface area contributed by atoms with Crippen LogP contribution in [-0.2, 0) is 11.3 Å². The average molecular weight is 377 g/mol. The number of aromatic nitrogens is 3. The first-order valence-electron chi connectivity index (χ1n) is 9.35. The Labute approximate surface area is 164 Å². The minimum Gasteiger partial charge on any atom is -0.378 e. The van der Waals surface area contributed by atoms with Gasteiger partial charge in [0.2, 0.25) is 0 Å².